The molecule has 4 heterocycles. The third kappa shape index (κ3) is 11.9. The monoisotopic (exact) mass is 1060 g/mol. The maximum atomic E-state index is 15.4. The Hall–Kier alpha value is -6.93. The van der Waals surface area contributed by atoms with Gasteiger partial charge in [0.05, 0.1) is 62.8 Å². The van der Waals surface area contributed by atoms with Crippen LogP contribution in [0.1, 0.15) is 76.3 Å². The summed E-state index contributed by atoms with van der Waals surface area (Å²) in [4.78, 5) is 67.2. The Morgan fingerprint density at radius 2 is 1.73 bits per heavy atom. The zero-order valence-electron chi connectivity index (χ0n) is 41.3. The molecule has 4 N–H and O–H groups in total. The Morgan fingerprint density at radius 3 is 2.35 bits per heavy atom. The summed E-state index contributed by atoms with van der Waals surface area (Å²) in [5.41, 5.74) is 0.0456. The van der Waals surface area contributed by atoms with Crippen molar-refractivity contribution in [3.05, 3.63) is 112 Å². The number of rotatable bonds is 17. The first-order valence-corrected chi connectivity index (χ1v) is 24.8. The predicted molar refractivity (Wildman–Crippen MR) is 273 cm³/mol. The standard InChI is InChI=1S/C52H54F5N9O6S2/c1-29-44(74-28-62-29)31-11-9-30(10-12-31)24-61-46(69)40-22-35(67)26-64(40)47(70)45(50(2,3)4)63-41(68)27-72-20-8-7-19-59-38-16-13-32(21-36(38)53)37-17-15-34(25-60-37)66-49(73)65(48(71)51(66,5)6)39-18-14-33(23-58)42(43(39)54)52(55,56)57/h9-18,21,25,28,35,40,45,59,67H,7-8,19-20,22,24,26-27H2,1-6H3,(H,61,69)(H,63,68)/t35-,40+,45-/m1/s1. The maximum Gasteiger partial charge on any atom is 0.420 e. The Kier molecular flexibility index (Phi) is 16.5. The summed E-state index contributed by atoms with van der Waals surface area (Å²) < 4.78 is 77.7. The lowest BCUT2D eigenvalue weighted by Gasteiger charge is -2.35. The van der Waals surface area contributed by atoms with E-state index in [4.69, 9.17) is 17.0 Å². The molecule has 3 atom stereocenters. The molecule has 74 heavy (non-hydrogen) atoms. The van der Waals surface area contributed by atoms with Crippen molar-refractivity contribution >= 4 is 69.4 Å². The molecule has 0 spiro atoms. The van der Waals surface area contributed by atoms with E-state index in [9.17, 15) is 42.7 Å². The average molecular weight is 1060 g/mol. The number of nitriles is 1. The van der Waals surface area contributed by atoms with Crippen LogP contribution in [-0.4, -0.2) is 98.7 Å². The van der Waals surface area contributed by atoms with Gasteiger partial charge in [0.1, 0.15) is 35.6 Å². The van der Waals surface area contributed by atoms with Crippen LogP contribution in [0.2, 0.25) is 0 Å². The predicted octanol–water partition coefficient (Wildman–Crippen LogP) is 8.28. The first-order chi connectivity index (χ1) is 34.9. The van der Waals surface area contributed by atoms with Crippen LogP contribution < -0.4 is 25.8 Å². The van der Waals surface area contributed by atoms with E-state index in [1.807, 2.05) is 31.2 Å². The number of aryl methyl sites for hydroxylation is 1. The Morgan fingerprint density at radius 1 is 1.01 bits per heavy atom. The molecule has 7 rings (SSSR count). The lowest BCUT2D eigenvalue weighted by Crippen LogP contribution is -2.58. The number of anilines is 3. The number of unbranched alkanes of at least 4 members (excludes halogenated alkanes) is 1. The molecule has 0 aliphatic carbocycles. The Balaban J connectivity index is 0.862. The van der Waals surface area contributed by atoms with Crippen LogP contribution in [0.15, 0.2) is 78.4 Å². The van der Waals surface area contributed by atoms with Gasteiger partial charge in [0.2, 0.25) is 17.7 Å². The number of alkyl halides is 3. The number of hydrogen-bond donors (Lipinski definition) is 4. The smallest absolute Gasteiger partial charge is 0.391 e. The number of aliphatic hydroxyl groups is 1. The molecule has 390 valence electrons. The first kappa shape index (κ1) is 54.8. The fourth-order valence-corrected chi connectivity index (χ4v) is 10.1. The van der Waals surface area contributed by atoms with Gasteiger partial charge in [-0.15, -0.1) is 11.3 Å². The molecule has 2 saturated heterocycles. The van der Waals surface area contributed by atoms with Crippen LogP contribution in [0, 0.1) is 35.3 Å². The van der Waals surface area contributed by atoms with Gasteiger partial charge in [-0.05, 0) is 98.8 Å². The molecule has 2 fully saturated rings. The number of β-amino-alcohol motifs (C(OH)–C–C–N with tert-alkyl or cyclic N) is 1. The van der Waals surface area contributed by atoms with E-state index in [2.05, 4.69) is 25.9 Å². The number of pyridine rings is 1. The van der Waals surface area contributed by atoms with Crippen molar-refractivity contribution in [2.75, 3.05) is 41.4 Å². The number of benzene rings is 3. The van der Waals surface area contributed by atoms with Crippen molar-refractivity contribution in [3.8, 4) is 27.8 Å². The molecule has 0 unspecified atom stereocenters. The van der Waals surface area contributed by atoms with Crippen LogP contribution in [0.5, 0.6) is 0 Å². The largest absolute Gasteiger partial charge is 0.420 e. The van der Waals surface area contributed by atoms with E-state index >= 15 is 8.78 Å². The number of nitrogens with one attached hydrogen (secondary N) is 3. The summed E-state index contributed by atoms with van der Waals surface area (Å²) in [5.74, 6) is -4.65. The summed E-state index contributed by atoms with van der Waals surface area (Å²) >= 11 is 7.06. The van der Waals surface area contributed by atoms with Crippen LogP contribution in [0.25, 0.3) is 21.7 Å². The SMILES string of the molecule is Cc1ncsc1-c1ccc(CNC(=O)[C@@H]2C[C@@H](O)CN2C(=O)[C@@H](NC(=O)COCCCCNc2ccc(-c3ccc(N4C(=S)N(c5ccc(C#N)c(C(F)(F)F)c5F)C(=O)C4(C)C)cn3)cc2F)C(C)(C)C)cc1. The maximum absolute atomic E-state index is 15.4. The minimum absolute atomic E-state index is 0.0522. The summed E-state index contributed by atoms with van der Waals surface area (Å²) in [5, 5.41) is 28.1. The van der Waals surface area contributed by atoms with Crippen LogP contribution in [-0.2, 0) is 36.6 Å². The average Bonchev–Trinajstić information content (AvgIpc) is 4.01. The van der Waals surface area contributed by atoms with E-state index in [0.717, 1.165) is 33.8 Å². The van der Waals surface area contributed by atoms with Gasteiger partial charge in [0.15, 0.2) is 10.9 Å². The second kappa shape index (κ2) is 22.3. The number of carbonyl (C=O) groups excluding carboxylic acids is 4. The summed E-state index contributed by atoms with van der Waals surface area (Å²) in [6.45, 7) is 10.6. The molecular formula is C52H54F5N9O6S2. The molecule has 2 aromatic heterocycles. The number of thiocarbonyl (C=S) groups is 1. The van der Waals surface area contributed by atoms with E-state index in [0.29, 0.717) is 35.5 Å². The zero-order chi connectivity index (χ0) is 53.9. The molecule has 15 nitrogen and oxygen atoms in total. The number of aliphatic hydroxyl groups excluding tert-OH is 1. The van der Waals surface area contributed by atoms with Gasteiger partial charge in [-0.2, -0.15) is 18.4 Å². The number of thiazole rings is 1. The molecule has 3 aromatic carbocycles. The second-order valence-corrected chi connectivity index (χ2v) is 20.7. The molecule has 0 radical (unpaired) electrons. The van der Waals surface area contributed by atoms with Gasteiger partial charge in [-0.3, -0.25) is 29.1 Å². The summed E-state index contributed by atoms with van der Waals surface area (Å²) in [6, 6.07) is 16.3. The fourth-order valence-electron chi connectivity index (χ4n) is 8.76. The van der Waals surface area contributed by atoms with E-state index < -0.39 is 87.4 Å². The highest BCUT2D eigenvalue weighted by Gasteiger charge is 2.52. The van der Waals surface area contributed by atoms with Gasteiger partial charge < -0.3 is 35.6 Å². The quantitative estimate of drug-likeness (QED) is 0.0396. The van der Waals surface area contributed by atoms with Crippen LogP contribution in [0.4, 0.5) is 39.0 Å². The Bertz CT molecular complexity index is 2980. The minimum atomic E-state index is -5.22. The van der Waals surface area contributed by atoms with E-state index in [1.54, 1.807) is 43.7 Å². The molecule has 0 bridgehead atoms. The third-order valence-electron chi connectivity index (χ3n) is 12.7. The van der Waals surface area contributed by atoms with Gasteiger partial charge in [-0.25, -0.2) is 13.8 Å². The van der Waals surface area contributed by atoms with Gasteiger partial charge in [-0.1, -0.05) is 51.1 Å². The number of halogens is 5. The highest BCUT2D eigenvalue weighted by Crippen LogP contribution is 2.42. The number of amides is 4. The third-order valence-corrected chi connectivity index (χ3v) is 14.0. The minimum Gasteiger partial charge on any atom is -0.391 e. The number of likely N-dealkylation sites (tertiary alicyclic amines) is 1. The Labute approximate surface area is 433 Å². The highest BCUT2D eigenvalue weighted by atomic mass is 32.1. The number of ether oxygens (including phenoxy) is 1. The highest BCUT2D eigenvalue weighted by molar-refractivity contribution is 7.81. The van der Waals surface area contributed by atoms with Crippen molar-refractivity contribution in [2.45, 2.75) is 97.3 Å². The molecule has 22 heteroatoms. The van der Waals surface area contributed by atoms with E-state index in [1.165, 1.54) is 60.2 Å². The molecule has 0 saturated carbocycles. The second-order valence-electron chi connectivity index (χ2n) is 19.5. The van der Waals surface area contributed by atoms with Crippen molar-refractivity contribution in [1.82, 2.24) is 25.5 Å². The fraction of sp³-hybridized carbons (Fsp3) is 0.385. The number of hydrogen-bond acceptors (Lipinski definition) is 12. The van der Waals surface area contributed by atoms with Crippen LogP contribution >= 0.6 is 23.6 Å². The summed E-state index contributed by atoms with van der Waals surface area (Å²) in [6.07, 6.45) is -3.69. The topological polar surface area (TPSA) is 193 Å². The molecule has 4 amide bonds. The number of aromatic nitrogens is 2. The lowest BCUT2D eigenvalue weighted by molar-refractivity contribution is -0.144. The van der Waals surface area contributed by atoms with Crippen LogP contribution in [0.3, 0.4) is 0 Å². The molecule has 5 aromatic rings. The van der Waals surface area contributed by atoms with Gasteiger partial charge in [0, 0.05) is 38.2 Å². The van der Waals surface area contributed by atoms with E-state index in [-0.39, 0.29) is 49.2 Å². The lowest BCUT2D eigenvalue weighted by atomic mass is 9.85. The normalized spacial score (nSPS) is 17.1. The van der Waals surface area contributed by atoms with Crippen molar-refractivity contribution in [1.29, 1.82) is 5.26 Å². The van der Waals surface area contributed by atoms with Gasteiger partial charge >= 0.3 is 6.18 Å². The molecule has 2 aliphatic heterocycles. The molecule has 2 aliphatic rings. The zero-order valence-corrected chi connectivity index (χ0v) is 42.9. The van der Waals surface area contributed by atoms with Crippen molar-refractivity contribution in [3.63, 3.8) is 0 Å². The van der Waals surface area contributed by atoms with Crippen molar-refractivity contribution < 1.29 is 51.0 Å². The molecular weight excluding hydrogens is 1010 g/mol. The summed E-state index contributed by atoms with van der Waals surface area (Å²) in [7, 11) is 0. The number of carbonyl (C=O) groups is 4. The van der Waals surface area contributed by atoms with Gasteiger partial charge in [0.25, 0.3) is 5.91 Å². The first-order valence-electron chi connectivity index (χ1n) is 23.5. The number of nitrogens with zero attached hydrogens (tertiary/aromatic N) is 6. The van der Waals surface area contributed by atoms with Crippen molar-refractivity contribution in [2.24, 2.45) is 5.41 Å².